The number of anilines is 1. The van der Waals surface area contributed by atoms with Crippen molar-refractivity contribution in [3.05, 3.63) is 92.1 Å². The number of unbranched alkanes of at least 4 members (excludes halogenated alkanes) is 7. The molecule has 4 aromatic rings. The molecule has 2 aliphatic heterocycles. The minimum atomic E-state index is -0.861. The van der Waals surface area contributed by atoms with E-state index in [0.717, 1.165) is 84.6 Å². The number of carbonyl (C=O) groups is 4. The molecule has 0 aliphatic carbocycles. The van der Waals surface area contributed by atoms with E-state index in [1.165, 1.54) is 17.0 Å². The van der Waals surface area contributed by atoms with Crippen LogP contribution in [0, 0.1) is 26.6 Å². The number of nitrogens with one attached hydrogen (secondary N) is 4. The number of nitrogens with zero attached hydrogens (tertiary/aromatic N) is 4. The maximum absolute atomic E-state index is 14.7. The number of aliphatic imine (C=N–C) groups is 1. The average molecular weight is 803 g/mol. The van der Waals surface area contributed by atoms with Crippen LogP contribution in [0.2, 0.25) is 5.02 Å². The molecule has 56 heavy (non-hydrogen) atoms. The first-order valence-electron chi connectivity index (χ1n) is 19.3. The number of thiophene rings is 1. The van der Waals surface area contributed by atoms with Crippen molar-refractivity contribution in [1.82, 2.24) is 30.7 Å². The third-order valence-electron chi connectivity index (χ3n) is 10.2. The smallest absolute Gasteiger partial charge is 0.254 e. The van der Waals surface area contributed by atoms with Gasteiger partial charge >= 0.3 is 0 Å². The molecule has 0 radical (unpaired) electrons. The number of piperidine rings is 1. The zero-order valence-electron chi connectivity index (χ0n) is 32.0. The molecule has 2 atom stereocenters. The summed E-state index contributed by atoms with van der Waals surface area (Å²) in [6.07, 6.45) is 8.83. The largest absolute Gasteiger partial charge is 0.385 e. The number of rotatable bonds is 17. The highest BCUT2D eigenvalue weighted by atomic mass is 35.5. The van der Waals surface area contributed by atoms with Crippen molar-refractivity contribution in [1.29, 1.82) is 0 Å². The molecule has 0 saturated carbocycles. The fraction of sp³-hybridized carbons (Fsp3) is 0.439. The molecule has 15 heteroatoms. The molecule has 4 heterocycles. The molecule has 4 amide bonds. The van der Waals surface area contributed by atoms with Gasteiger partial charge in [0, 0.05) is 46.2 Å². The van der Waals surface area contributed by atoms with E-state index < -0.39 is 29.7 Å². The van der Waals surface area contributed by atoms with Crippen molar-refractivity contribution in [2.75, 3.05) is 18.4 Å². The Balaban J connectivity index is 0.872. The number of carbonyl (C=O) groups excluding carboxylic acids is 4. The topological polar surface area (TPSA) is 159 Å². The van der Waals surface area contributed by atoms with E-state index in [2.05, 4.69) is 49.9 Å². The van der Waals surface area contributed by atoms with Crippen LogP contribution in [0.4, 0.5) is 10.1 Å². The van der Waals surface area contributed by atoms with Crippen LogP contribution >= 0.6 is 22.9 Å². The number of hydrogen-bond donors (Lipinski definition) is 4. The minimum absolute atomic E-state index is 0.0675. The highest BCUT2D eigenvalue weighted by Gasteiger charge is 2.33. The number of fused-ring (bicyclic) bond motifs is 3. The van der Waals surface area contributed by atoms with Crippen LogP contribution in [-0.4, -0.2) is 63.2 Å². The number of aromatic nitrogens is 3. The molecule has 0 spiro atoms. The Hall–Kier alpha value is -4.95. The molecular formula is C41H48ClFN8O4S. The maximum atomic E-state index is 14.7. The number of benzene rings is 2. The Morgan fingerprint density at radius 3 is 2.34 bits per heavy atom. The van der Waals surface area contributed by atoms with Gasteiger partial charge in [0.1, 0.15) is 28.7 Å². The molecular weight excluding hydrogens is 755 g/mol. The Kier molecular flexibility index (Phi) is 13.7. The molecule has 2 aliphatic rings. The Labute approximate surface area is 335 Å². The second-order valence-corrected chi connectivity index (χ2v) is 16.0. The summed E-state index contributed by atoms with van der Waals surface area (Å²) in [5, 5.41) is 21.5. The van der Waals surface area contributed by atoms with Gasteiger partial charge in [0.05, 0.1) is 17.7 Å². The van der Waals surface area contributed by atoms with Crippen LogP contribution in [0.15, 0.2) is 47.5 Å². The van der Waals surface area contributed by atoms with Crippen LogP contribution in [0.25, 0.3) is 5.00 Å². The van der Waals surface area contributed by atoms with E-state index in [0.29, 0.717) is 29.6 Å². The quantitative estimate of drug-likeness (QED) is 0.0649. The van der Waals surface area contributed by atoms with E-state index in [1.54, 1.807) is 17.4 Å². The minimum Gasteiger partial charge on any atom is -0.385 e. The highest BCUT2D eigenvalue weighted by Crippen LogP contribution is 2.39. The van der Waals surface area contributed by atoms with Gasteiger partial charge in [0.25, 0.3) is 5.91 Å². The predicted octanol–water partition coefficient (Wildman–Crippen LogP) is 7.21. The van der Waals surface area contributed by atoms with Crippen molar-refractivity contribution >= 4 is 58.0 Å². The Morgan fingerprint density at radius 2 is 1.64 bits per heavy atom. The summed E-state index contributed by atoms with van der Waals surface area (Å²) in [6.45, 7) is 7.43. The first-order chi connectivity index (χ1) is 27.0. The third-order valence-corrected chi connectivity index (χ3v) is 11.7. The van der Waals surface area contributed by atoms with Gasteiger partial charge in [-0.15, -0.1) is 21.5 Å². The van der Waals surface area contributed by atoms with Gasteiger partial charge in [-0.05, 0) is 75.9 Å². The Morgan fingerprint density at radius 1 is 0.946 bits per heavy atom. The van der Waals surface area contributed by atoms with Gasteiger partial charge in [-0.25, -0.2) is 4.39 Å². The standard InChI is InChI=1S/C41H48ClFN8O4S/c1-24-25(2)56-41-36(24)37(27-12-14-28(42)15-13-27)46-33(38-50-49-26(3)51(38)41)23-35(53)45-21-11-9-7-5-4-6-8-10-20-44-29-16-17-30(31(43)22-29)39(54)47-32-18-19-34(52)48-40(32)55/h12-17,22,32-33,44H,4-11,18-21,23H2,1-3H3,(H,45,53)(H,47,54)(H,48,52,55)/t32?,33-/m0/s1. The summed E-state index contributed by atoms with van der Waals surface area (Å²) >= 11 is 7.91. The monoisotopic (exact) mass is 802 g/mol. The Bertz CT molecular complexity index is 2110. The SMILES string of the molecule is Cc1sc2c(c1C)C(c1ccc(Cl)cc1)=N[C@@H](CC(=O)NCCCCCCCCCCNc1ccc(C(=O)NC3CCC(=O)NC3=O)c(F)c1)c1nnc(C)n1-2. The van der Waals surface area contributed by atoms with Crippen LogP contribution in [0.3, 0.4) is 0 Å². The number of imide groups is 1. The fourth-order valence-corrected chi connectivity index (χ4v) is 8.37. The molecule has 1 unspecified atom stereocenters. The lowest BCUT2D eigenvalue weighted by Crippen LogP contribution is -2.52. The molecule has 4 N–H and O–H groups in total. The van der Waals surface area contributed by atoms with Gasteiger partial charge in [0.15, 0.2) is 5.82 Å². The lowest BCUT2D eigenvalue weighted by molar-refractivity contribution is -0.134. The van der Waals surface area contributed by atoms with Gasteiger partial charge in [-0.3, -0.25) is 34.1 Å². The van der Waals surface area contributed by atoms with Crippen LogP contribution in [-0.2, 0) is 14.4 Å². The summed E-state index contributed by atoms with van der Waals surface area (Å²) in [5.74, 6) is -0.978. The number of aryl methyl sites for hydroxylation is 2. The molecule has 2 aromatic carbocycles. The summed E-state index contributed by atoms with van der Waals surface area (Å²) < 4.78 is 16.7. The first kappa shape index (κ1) is 40.7. The molecule has 1 saturated heterocycles. The normalized spacial score (nSPS) is 16.3. The predicted molar refractivity (Wildman–Crippen MR) is 216 cm³/mol. The van der Waals surface area contributed by atoms with Gasteiger partial charge in [-0.2, -0.15) is 0 Å². The summed E-state index contributed by atoms with van der Waals surface area (Å²) in [7, 11) is 0. The maximum Gasteiger partial charge on any atom is 0.254 e. The highest BCUT2D eigenvalue weighted by molar-refractivity contribution is 7.15. The van der Waals surface area contributed by atoms with Gasteiger partial charge < -0.3 is 16.0 Å². The second-order valence-electron chi connectivity index (χ2n) is 14.4. The molecule has 1 fully saturated rings. The van der Waals surface area contributed by atoms with Crippen LogP contribution < -0.4 is 21.3 Å². The molecule has 2 aromatic heterocycles. The zero-order valence-corrected chi connectivity index (χ0v) is 33.5. The van der Waals surface area contributed by atoms with Crippen LogP contribution in [0.1, 0.15) is 120 Å². The molecule has 12 nitrogen and oxygen atoms in total. The average Bonchev–Trinajstić information content (AvgIpc) is 3.65. The van der Waals surface area contributed by atoms with E-state index in [-0.39, 0.29) is 36.6 Å². The van der Waals surface area contributed by atoms with E-state index >= 15 is 0 Å². The second kappa shape index (κ2) is 18.8. The zero-order chi connectivity index (χ0) is 39.8. The van der Waals surface area contributed by atoms with Crippen molar-refractivity contribution in [3.8, 4) is 5.00 Å². The van der Waals surface area contributed by atoms with E-state index in [9.17, 15) is 23.6 Å². The fourth-order valence-electron chi connectivity index (χ4n) is 7.03. The lowest BCUT2D eigenvalue weighted by atomic mass is 9.99. The van der Waals surface area contributed by atoms with Crippen molar-refractivity contribution in [2.24, 2.45) is 4.99 Å². The van der Waals surface area contributed by atoms with E-state index in [4.69, 9.17) is 16.6 Å². The van der Waals surface area contributed by atoms with Crippen molar-refractivity contribution in [2.45, 2.75) is 103 Å². The number of amides is 4. The molecule has 6 rings (SSSR count). The van der Waals surface area contributed by atoms with Crippen LogP contribution in [0.5, 0.6) is 0 Å². The first-order valence-corrected chi connectivity index (χ1v) is 20.5. The summed E-state index contributed by atoms with van der Waals surface area (Å²) in [6, 6.07) is 10.6. The number of halogens is 2. The van der Waals surface area contributed by atoms with Gasteiger partial charge in [-0.1, -0.05) is 62.3 Å². The van der Waals surface area contributed by atoms with Gasteiger partial charge in [0.2, 0.25) is 17.7 Å². The van der Waals surface area contributed by atoms with E-state index in [1.807, 2.05) is 31.2 Å². The lowest BCUT2D eigenvalue weighted by Gasteiger charge is -2.22. The van der Waals surface area contributed by atoms with Crippen molar-refractivity contribution < 1.29 is 23.6 Å². The number of hydrogen-bond acceptors (Lipinski definition) is 9. The van der Waals surface area contributed by atoms with Crippen molar-refractivity contribution in [3.63, 3.8) is 0 Å². The summed E-state index contributed by atoms with van der Waals surface area (Å²) in [4.78, 5) is 55.3. The molecule has 0 bridgehead atoms. The summed E-state index contributed by atoms with van der Waals surface area (Å²) in [5.41, 5.74) is 4.38. The molecule has 296 valence electrons. The third kappa shape index (κ3) is 9.88.